The summed E-state index contributed by atoms with van der Waals surface area (Å²) in [5, 5.41) is 0. The second kappa shape index (κ2) is 6.25. The second-order valence-corrected chi connectivity index (χ2v) is 4.83. The highest BCUT2D eigenvalue weighted by atomic mass is 127. The average molecular weight is 320 g/mol. The first kappa shape index (κ1) is 12.7. The Kier molecular flexibility index (Phi) is 5.28. The van der Waals surface area contributed by atoms with Crippen LogP contribution in [0, 0.1) is 10.5 Å². The summed E-state index contributed by atoms with van der Waals surface area (Å²) in [4.78, 5) is 16.0. The topological polar surface area (TPSA) is 34.9 Å². The van der Waals surface area contributed by atoms with Crippen molar-refractivity contribution >= 4 is 22.6 Å². The normalized spacial score (nSPS) is 10.6. The van der Waals surface area contributed by atoms with Gasteiger partial charge in [-0.1, -0.05) is 26.2 Å². The summed E-state index contributed by atoms with van der Waals surface area (Å²) in [6.07, 6.45) is 6.36. The molecule has 0 aliphatic carbocycles. The number of halogens is 1. The van der Waals surface area contributed by atoms with Crippen LogP contribution in [0.2, 0.25) is 0 Å². The zero-order chi connectivity index (χ0) is 11.3. The highest BCUT2D eigenvalue weighted by molar-refractivity contribution is 14.1. The molecular formula is C11H17IN2O. The van der Waals surface area contributed by atoms with E-state index in [0.29, 0.717) is 3.57 Å². The minimum absolute atomic E-state index is 0.0969. The number of rotatable bonds is 5. The summed E-state index contributed by atoms with van der Waals surface area (Å²) in [6, 6.07) is 0. The van der Waals surface area contributed by atoms with Gasteiger partial charge in [0.2, 0.25) is 0 Å². The van der Waals surface area contributed by atoms with Crippen molar-refractivity contribution in [3.63, 3.8) is 0 Å². The summed E-state index contributed by atoms with van der Waals surface area (Å²) in [5.74, 6) is 0.817. The van der Waals surface area contributed by atoms with Crippen LogP contribution in [0.3, 0.4) is 0 Å². The minimum Gasteiger partial charge on any atom is -0.296 e. The van der Waals surface area contributed by atoms with E-state index in [4.69, 9.17) is 0 Å². The van der Waals surface area contributed by atoms with Crippen molar-refractivity contribution in [1.29, 1.82) is 0 Å². The van der Waals surface area contributed by atoms with Gasteiger partial charge in [-0.2, -0.15) is 0 Å². The van der Waals surface area contributed by atoms with E-state index in [1.807, 2.05) is 29.5 Å². The van der Waals surface area contributed by atoms with Gasteiger partial charge in [0.05, 0.1) is 3.57 Å². The Morgan fingerprint density at radius 1 is 1.40 bits per heavy atom. The van der Waals surface area contributed by atoms with E-state index < -0.39 is 0 Å². The van der Waals surface area contributed by atoms with Gasteiger partial charge >= 0.3 is 0 Å². The standard InChI is InChI=1S/C11H17IN2O/c1-3-4-5-6-7-14-9(2)13-8-10(12)11(14)15/h8H,3-7H2,1-2H3. The Balaban J connectivity index is 2.68. The van der Waals surface area contributed by atoms with Crippen molar-refractivity contribution in [3.05, 3.63) is 25.9 Å². The van der Waals surface area contributed by atoms with Crippen LogP contribution in [-0.2, 0) is 6.54 Å². The second-order valence-electron chi connectivity index (χ2n) is 3.67. The zero-order valence-corrected chi connectivity index (χ0v) is 11.5. The lowest BCUT2D eigenvalue weighted by Crippen LogP contribution is -2.25. The molecule has 0 radical (unpaired) electrons. The third-order valence-corrected chi connectivity index (χ3v) is 3.18. The molecule has 1 aromatic rings. The Bertz CT molecular complexity index is 373. The molecular weight excluding hydrogens is 303 g/mol. The molecule has 0 saturated carbocycles. The number of aromatic nitrogens is 2. The highest BCUT2D eigenvalue weighted by Gasteiger charge is 2.04. The molecule has 0 aliphatic rings. The van der Waals surface area contributed by atoms with Gasteiger partial charge in [0.15, 0.2) is 0 Å². The molecule has 0 saturated heterocycles. The maximum atomic E-state index is 11.8. The minimum atomic E-state index is 0.0969. The Morgan fingerprint density at radius 2 is 2.13 bits per heavy atom. The van der Waals surface area contributed by atoms with Crippen LogP contribution in [0.1, 0.15) is 38.4 Å². The number of aryl methyl sites for hydroxylation is 1. The van der Waals surface area contributed by atoms with Gasteiger partial charge in [0.25, 0.3) is 5.56 Å². The first-order valence-electron chi connectivity index (χ1n) is 5.38. The molecule has 15 heavy (non-hydrogen) atoms. The molecule has 3 nitrogen and oxygen atoms in total. The van der Waals surface area contributed by atoms with E-state index in [-0.39, 0.29) is 5.56 Å². The van der Waals surface area contributed by atoms with Crippen molar-refractivity contribution in [2.75, 3.05) is 0 Å². The van der Waals surface area contributed by atoms with Gasteiger partial charge in [-0.3, -0.25) is 9.36 Å². The molecule has 0 unspecified atom stereocenters. The van der Waals surface area contributed by atoms with E-state index in [1.54, 1.807) is 10.8 Å². The fraction of sp³-hybridized carbons (Fsp3) is 0.636. The van der Waals surface area contributed by atoms with Gasteiger partial charge < -0.3 is 0 Å². The predicted octanol–water partition coefficient (Wildman–Crippen LogP) is 2.74. The molecule has 0 atom stereocenters. The lowest BCUT2D eigenvalue weighted by atomic mass is 10.2. The molecule has 0 bridgehead atoms. The first-order valence-corrected chi connectivity index (χ1v) is 6.46. The molecule has 1 aromatic heterocycles. The smallest absolute Gasteiger partial charge is 0.266 e. The van der Waals surface area contributed by atoms with Crippen molar-refractivity contribution in [1.82, 2.24) is 9.55 Å². The van der Waals surface area contributed by atoms with Gasteiger partial charge in [-0.25, -0.2) is 4.98 Å². The van der Waals surface area contributed by atoms with Crippen LogP contribution in [0.4, 0.5) is 0 Å². The fourth-order valence-corrected chi connectivity index (χ4v) is 1.94. The summed E-state index contributed by atoms with van der Waals surface area (Å²) in [7, 11) is 0. The lowest BCUT2D eigenvalue weighted by Gasteiger charge is -2.08. The molecule has 0 aromatic carbocycles. The van der Waals surface area contributed by atoms with Crippen LogP contribution in [-0.4, -0.2) is 9.55 Å². The van der Waals surface area contributed by atoms with Crippen molar-refractivity contribution in [2.24, 2.45) is 0 Å². The fourth-order valence-electron chi connectivity index (χ4n) is 1.51. The van der Waals surface area contributed by atoms with E-state index in [9.17, 15) is 4.79 Å². The van der Waals surface area contributed by atoms with E-state index in [1.165, 1.54) is 19.3 Å². The summed E-state index contributed by atoms with van der Waals surface area (Å²) >= 11 is 2.04. The van der Waals surface area contributed by atoms with E-state index in [0.717, 1.165) is 18.8 Å². The SMILES string of the molecule is CCCCCCn1c(C)ncc(I)c1=O. The molecule has 0 aliphatic heterocycles. The average Bonchev–Trinajstić information content (AvgIpc) is 2.23. The van der Waals surface area contributed by atoms with Crippen LogP contribution < -0.4 is 5.56 Å². The van der Waals surface area contributed by atoms with Gasteiger partial charge in [-0.05, 0) is 35.9 Å². The van der Waals surface area contributed by atoms with Crippen LogP contribution in [0.15, 0.2) is 11.0 Å². The maximum Gasteiger partial charge on any atom is 0.266 e. The third-order valence-electron chi connectivity index (χ3n) is 2.44. The Morgan fingerprint density at radius 3 is 2.80 bits per heavy atom. The highest BCUT2D eigenvalue weighted by Crippen LogP contribution is 2.03. The van der Waals surface area contributed by atoms with E-state index >= 15 is 0 Å². The molecule has 1 rings (SSSR count). The molecule has 0 spiro atoms. The number of hydrogen-bond donors (Lipinski definition) is 0. The molecule has 0 N–H and O–H groups in total. The number of nitrogens with zero attached hydrogens (tertiary/aromatic N) is 2. The summed E-state index contributed by atoms with van der Waals surface area (Å²) < 4.78 is 2.48. The van der Waals surface area contributed by atoms with Gasteiger partial charge in [0.1, 0.15) is 5.82 Å². The molecule has 0 fully saturated rings. The summed E-state index contributed by atoms with van der Waals surface area (Å²) in [5.41, 5.74) is 0.0969. The first-order chi connectivity index (χ1) is 7.16. The van der Waals surface area contributed by atoms with Crippen LogP contribution >= 0.6 is 22.6 Å². The molecule has 4 heteroatoms. The summed E-state index contributed by atoms with van der Waals surface area (Å²) in [6.45, 7) is 4.87. The largest absolute Gasteiger partial charge is 0.296 e. The van der Waals surface area contributed by atoms with Crippen LogP contribution in [0.25, 0.3) is 0 Å². The number of hydrogen-bond acceptors (Lipinski definition) is 2. The van der Waals surface area contributed by atoms with Crippen LogP contribution in [0.5, 0.6) is 0 Å². The third kappa shape index (κ3) is 3.59. The number of unbranched alkanes of at least 4 members (excludes halogenated alkanes) is 3. The Labute approximate surface area is 104 Å². The van der Waals surface area contributed by atoms with Crippen molar-refractivity contribution < 1.29 is 0 Å². The van der Waals surface area contributed by atoms with Crippen molar-refractivity contribution in [2.45, 2.75) is 46.1 Å². The predicted molar refractivity (Wildman–Crippen MR) is 70.1 cm³/mol. The zero-order valence-electron chi connectivity index (χ0n) is 9.29. The monoisotopic (exact) mass is 320 g/mol. The lowest BCUT2D eigenvalue weighted by molar-refractivity contribution is 0.550. The van der Waals surface area contributed by atoms with Gasteiger partial charge in [0, 0.05) is 12.7 Å². The van der Waals surface area contributed by atoms with Crippen molar-refractivity contribution in [3.8, 4) is 0 Å². The quantitative estimate of drug-likeness (QED) is 0.618. The molecule has 84 valence electrons. The maximum absolute atomic E-state index is 11.8. The molecule has 0 amide bonds. The van der Waals surface area contributed by atoms with Gasteiger partial charge in [-0.15, -0.1) is 0 Å². The molecule has 1 heterocycles. The van der Waals surface area contributed by atoms with E-state index in [2.05, 4.69) is 11.9 Å². The Hall–Kier alpha value is -0.390.